The molecular formula is C29H40FN3O9. The van der Waals surface area contributed by atoms with Gasteiger partial charge in [-0.25, -0.2) is 4.39 Å². The summed E-state index contributed by atoms with van der Waals surface area (Å²) in [5.41, 5.74) is 2.07. The highest BCUT2D eigenvalue weighted by Gasteiger charge is 2.38. The molecule has 0 spiro atoms. The lowest BCUT2D eigenvalue weighted by molar-refractivity contribution is -0.769. The van der Waals surface area contributed by atoms with Gasteiger partial charge < -0.3 is 43.5 Å². The summed E-state index contributed by atoms with van der Waals surface area (Å²) in [5.74, 6) is 0.999. The van der Waals surface area contributed by atoms with Gasteiger partial charge in [-0.15, -0.1) is 10.1 Å². The fraction of sp³-hybridized carbons (Fsp3) is 0.586. The average Bonchev–Trinajstić information content (AvgIpc) is 3.00. The Balaban J connectivity index is 1.53. The molecule has 1 fully saturated rings. The highest BCUT2D eigenvalue weighted by atomic mass is 19.1. The second-order valence-corrected chi connectivity index (χ2v) is 10.1. The van der Waals surface area contributed by atoms with E-state index in [9.17, 15) is 10.1 Å². The molecule has 42 heavy (non-hydrogen) atoms. The van der Waals surface area contributed by atoms with Crippen LogP contribution in [0.1, 0.15) is 29.8 Å². The maximum absolute atomic E-state index is 15.9. The van der Waals surface area contributed by atoms with E-state index in [1.807, 2.05) is 24.3 Å². The Bertz CT molecular complexity index is 1130. The highest BCUT2D eigenvalue weighted by molar-refractivity contribution is 5.61. The molecule has 4 rings (SSSR count). The van der Waals surface area contributed by atoms with Gasteiger partial charge in [-0.2, -0.15) is 0 Å². The maximum atomic E-state index is 15.9. The van der Waals surface area contributed by atoms with Gasteiger partial charge in [-0.05, 0) is 42.3 Å². The number of nitrogens with zero attached hydrogens (tertiary/aromatic N) is 2. The molecule has 232 valence electrons. The third-order valence-electron chi connectivity index (χ3n) is 7.35. The molecular weight excluding hydrogens is 553 g/mol. The van der Waals surface area contributed by atoms with E-state index in [-0.39, 0.29) is 19.1 Å². The monoisotopic (exact) mass is 593 g/mol. The van der Waals surface area contributed by atoms with E-state index in [4.69, 9.17) is 33.3 Å². The van der Waals surface area contributed by atoms with Crippen LogP contribution in [-0.4, -0.2) is 97.3 Å². The number of nitrogens with one attached hydrogen (secondary N) is 1. The van der Waals surface area contributed by atoms with Crippen LogP contribution in [-0.2, 0) is 23.8 Å². The molecule has 0 amide bonds. The number of alkyl halides is 1. The number of benzene rings is 2. The van der Waals surface area contributed by atoms with E-state index < -0.39 is 29.8 Å². The van der Waals surface area contributed by atoms with Crippen molar-refractivity contribution in [3.63, 3.8) is 0 Å². The Kier molecular flexibility index (Phi) is 12.0. The zero-order valence-corrected chi connectivity index (χ0v) is 24.2. The predicted octanol–water partition coefficient (Wildman–Crippen LogP) is 3.28. The number of hydrogen-bond acceptors (Lipinski definition) is 11. The van der Waals surface area contributed by atoms with E-state index in [1.54, 1.807) is 32.4 Å². The lowest BCUT2D eigenvalue weighted by atomic mass is 9.85. The Labute approximate surface area is 245 Å². The maximum Gasteiger partial charge on any atom is 0.294 e. The number of fused-ring (bicyclic) bond motifs is 1. The predicted molar refractivity (Wildman–Crippen MR) is 151 cm³/mol. The van der Waals surface area contributed by atoms with Crippen molar-refractivity contribution in [3.05, 3.63) is 63.7 Å². The minimum atomic E-state index is -1.72. The van der Waals surface area contributed by atoms with Crippen molar-refractivity contribution in [2.75, 3.05) is 78.8 Å². The van der Waals surface area contributed by atoms with Crippen molar-refractivity contribution in [1.29, 1.82) is 0 Å². The third kappa shape index (κ3) is 8.42. The average molecular weight is 594 g/mol. The van der Waals surface area contributed by atoms with Crippen LogP contribution in [0.25, 0.3) is 0 Å². The third-order valence-corrected chi connectivity index (χ3v) is 7.35. The fourth-order valence-corrected chi connectivity index (χ4v) is 5.35. The van der Waals surface area contributed by atoms with E-state index in [0.29, 0.717) is 49.9 Å². The van der Waals surface area contributed by atoms with Crippen LogP contribution in [0.3, 0.4) is 0 Å². The highest BCUT2D eigenvalue weighted by Crippen LogP contribution is 2.38. The fourth-order valence-electron chi connectivity index (χ4n) is 5.35. The van der Waals surface area contributed by atoms with Crippen LogP contribution in [0.5, 0.6) is 11.5 Å². The van der Waals surface area contributed by atoms with Crippen LogP contribution >= 0.6 is 0 Å². The molecule has 0 aliphatic carbocycles. The zero-order valence-electron chi connectivity index (χ0n) is 24.2. The van der Waals surface area contributed by atoms with Gasteiger partial charge in [-0.3, -0.25) is 0 Å². The van der Waals surface area contributed by atoms with Gasteiger partial charge in [0.2, 0.25) is 6.36 Å². The van der Waals surface area contributed by atoms with Gasteiger partial charge in [-0.1, -0.05) is 12.1 Å². The van der Waals surface area contributed by atoms with Crippen LogP contribution in [0, 0.1) is 10.1 Å². The number of piperidine rings is 1. The summed E-state index contributed by atoms with van der Waals surface area (Å²) in [6, 6.07) is 12.7. The van der Waals surface area contributed by atoms with Crippen molar-refractivity contribution in [3.8, 4) is 11.5 Å². The summed E-state index contributed by atoms with van der Waals surface area (Å²) in [6.45, 7) is 3.35. The molecule has 2 heterocycles. The lowest BCUT2D eigenvalue weighted by Gasteiger charge is -2.39. The molecule has 1 N–H and O–H groups in total. The van der Waals surface area contributed by atoms with Gasteiger partial charge in [0.1, 0.15) is 18.1 Å². The van der Waals surface area contributed by atoms with Crippen LogP contribution in [0.4, 0.5) is 10.1 Å². The summed E-state index contributed by atoms with van der Waals surface area (Å²) in [4.78, 5) is 17.8. The number of halogens is 1. The minimum Gasteiger partial charge on any atom is -0.497 e. The van der Waals surface area contributed by atoms with Crippen molar-refractivity contribution in [2.45, 2.75) is 37.0 Å². The number of rotatable bonds is 16. The first-order chi connectivity index (χ1) is 20.4. The molecule has 1 saturated heterocycles. The van der Waals surface area contributed by atoms with Crippen molar-refractivity contribution < 1.29 is 42.7 Å². The Morgan fingerprint density at radius 1 is 1.10 bits per heavy atom. The van der Waals surface area contributed by atoms with Gasteiger partial charge in [0, 0.05) is 51.9 Å². The number of hydrogen-bond donors (Lipinski definition) is 1. The number of anilines is 1. The van der Waals surface area contributed by atoms with Crippen molar-refractivity contribution in [2.24, 2.45) is 0 Å². The van der Waals surface area contributed by atoms with Crippen LogP contribution < -0.4 is 19.7 Å². The molecule has 0 bridgehead atoms. The van der Waals surface area contributed by atoms with Crippen molar-refractivity contribution >= 4 is 5.69 Å². The molecule has 13 heteroatoms. The second-order valence-electron chi connectivity index (χ2n) is 10.1. The number of ether oxygens (including phenoxy) is 6. The van der Waals surface area contributed by atoms with Crippen LogP contribution in [0.15, 0.2) is 42.5 Å². The summed E-state index contributed by atoms with van der Waals surface area (Å²) < 4.78 is 49.5. The lowest BCUT2D eigenvalue weighted by Crippen LogP contribution is -2.51. The summed E-state index contributed by atoms with van der Waals surface area (Å²) in [7, 11) is 4.68. The van der Waals surface area contributed by atoms with Gasteiger partial charge in [0.25, 0.3) is 5.09 Å². The smallest absolute Gasteiger partial charge is 0.294 e. The summed E-state index contributed by atoms with van der Waals surface area (Å²) in [6.07, 6.45) is -2.90. The molecule has 0 saturated carbocycles. The number of methoxy groups -OCH3 is 3. The normalized spacial score (nSPS) is 21.6. The topological polar surface area (TPSA) is 123 Å². The first kappa shape index (κ1) is 31.7. The van der Waals surface area contributed by atoms with Gasteiger partial charge >= 0.3 is 0 Å². The quantitative estimate of drug-likeness (QED) is 0.175. The Morgan fingerprint density at radius 3 is 2.60 bits per heavy atom. The van der Waals surface area contributed by atoms with Gasteiger partial charge in [0.05, 0.1) is 44.8 Å². The molecule has 2 unspecified atom stereocenters. The molecule has 5 atom stereocenters. The molecule has 2 aliphatic rings. The van der Waals surface area contributed by atoms with E-state index in [0.717, 1.165) is 24.2 Å². The van der Waals surface area contributed by atoms with Gasteiger partial charge in [0.15, 0.2) is 6.10 Å². The zero-order chi connectivity index (χ0) is 29.9. The molecule has 2 aromatic carbocycles. The molecule has 12 nitrogen and oxygen atoms in total. The molecule has 2 aromatic rings. The minimum absolute atomic E-state index is 0.0225. The molecule has 0 radical (unpaired) electrons. The Hall–Kier alpha value is -3.23. The van der Waals surface area contributed by atoms with E-state index in [2.05, 4.69) is 10.2 Å². The van der Waals surface area contributed by atoms with E-state index in [1.165, 1.54) is 7.11 Å². The second kappa shape index (κ2) is 15.8. The van der Waals surface area contributed by atoms with Crippen LogP contribution in [0.2, 0.25) is 0 Å². The summed E-state index contributed by atoms with van der Waals surface area (Å²) in [5, 5.41) is 13.3. The first-order valence-electron chi connectivity index (χ1n) is 14.0. The molecule has 0 aromatic heterocycles. The summed E-state index contributed by atoms with van der Waals surface area (Å²) >= 11 is 0. The van der Waals surface area contributed by atoms with Crippen molar-refractivity contribution in [1.82, 2.24) is 5.32 Å². The molecule has 2 aliphatic heterocycles. The SMILES string of the molecule is COCCCN1CCOc2ccc(C(F)O[C@H]3CNC[C@@H](OCC(COC)O[N+](=O)[O-])[C@H]3c3ccc(OC)cc3)cc21. The Morgan fingerprint density at radius 2 is 1.88 bits per heavy atom. The van der Waals surface area contributed by atoms with E-state index >= 15 is 4.39 Å². The largest absolute Gasteiger partial charge is 0.497 e. The first-order valence-corrected chi connectivity index (χ1v) is 14.0. The standard InChI is InChI=1S/C29H40FN3O9/c1-36-13-4-11-32-12-14-39-25-10-7-21(15-24(25)32)29(30)41-27-17-31-16-26(40-19-23(18-37-2)42-33(34)35)28(27)20-5-8-22(38-3)9-6-20/h5-10,15,23,26-29,31H,4,11-14,16-19H2,1-3H3/t23?,26-,27+,28-,29?/m1/s1.